The zero-order valence-corrected chi connectivity index (χ0v) is 19.6. The van der Waals surface area contributed by atoms with Gasteiger partial charge in [0.05, 0.1) is 6.61 Å². The highest BCUT2D eigenvalue weighted by atomic mass is 28.4. The smallest absolute Gasteiger partial charge is 0.330 e. The Labute approximate surface area is 167 Å². The number of ether oxygens (including phenoxy) is 1. The van der Waals surface area contributed by atoms with Crippen molar-refractivity contribution in [1.29, 1.82) is 0 Å². The van der Waals surface area contributed by atoms with Crippen LogP contribution in [-0.4, -0.2) is 20.9 Å². The van der Waals surface area contributed by atoms with Crippen molar-refractivity contribution in [1.82, 2.24) is 0 Å². The third kappa shape index (κ3) is 7.53. The van der Waals surface area contributed by atoms with E-state index in [4.69, 9.17) is 9.16 Å². The lowest BCUT2D eigenvalue weighted by Gasteiger charge is -2.37. The average molecular weight is 391 g/mol. The number of carbonyl (C=O) groups is 1. The summed E-state index contributed by atoms with van der Waals surface area (Å²) in [6, 6.07) is 4.54. The topological polar surface area (TPSA) is 35.5 Å². The molecular formula is C23H38O3Si. The first-order chi connectivity index (χ1) is 12.5. The van der Waals surface area contributed by atoms with Crippen LogP contribution in [0.4, 0.5) is 0 Å². The molecule has 0 N–H and O–H groups in total. The van der Waals surface area contributed by atoms with Gasteiger partial charge in [0.2, 0.25) is 0 Å². The highest BCUT2D eigenvalue weighted by Crippen LogP contribution is 2.39. The predicted molar refractivity (Wildman–Crippen MR) is 117 cm³/mol. The van der Waals surface area contributed by atoms with Crippen LogP contribution in [0.2, 0.25) is 18.1 Å². The number of aryl methyl sites for hydroxylation is 3. The van der Waals surface area contributed by atoms with Gasteiger partial charge in [0.25, 0.3) is 8.32 Å². The molecule has 0 aliphatic carbocycles. The largest absolute Gasteiger partial charge is 0.543 e. The van der Waals surface area contributed by atoms with Gasteiger partial charge >= 0.3 is 5.97 Å². The van der Waals surface area contributed by atoms with E-state index in [0.29, 0.717) is 6.61 Å². The molecule has 27 heavy (non-hydrogen) atoms. The van der Waals surface area contributed by atoms with E-state index >= 15 is 0 Å². The van der Waals surface area contributed by atoms with Crippen molar-refractivity contribution in [3.8, 4) is 5.75 Å². The summed E-state index contributed by atoms with van der Waals surface area (Å²) in [6.45, 7) is 18.0. The molecular weight excluding hydrogens is 352 g/mol. The van der Waals surface area contributed by atoms with E-state index in [0.717, 1.165) is 31.4 Å². The first-order valence-corrected chi connectivity index (χ1v) is 13.0. The van der Waals surface area contributed by atoms with Crippen LogP contribution in [0.25, 0.3) is 0 Å². The van der Waals surface area contributed by atoms with Gasteiger partial charge < -0.3 is 9.16 Å². The van der Waals surface area contributed by atoms with Gasteiger partial charge in [-0.3, -0.25) is 0 Å². The van der Waals surface area contributed by atoms with Crippen LogP contribution in [0.5, 0.6) is 5.75 Å². The zero-order chi connectivity index (χ0) is 20.7. The lowest BCUT2D eigenvalue weighted by Crippen LogP contribution is -2.44. The van der Waals surface area contributed by atoms with E-state index in [9.17, 15) is 4.79 Å². The molecule has 0 aromatic heterocycles. The molecule has 1 rings (SSSR count). The summed E-state index contributed by atoms with van der Waals surface area (Å²) >= 11 is 0. The monoisotopic (exact) mass is 390 g/mol. The highest BCUT2D eigenvalue weighted by molar-refractivity contribution is 6.74. The van der Waals surface area contributed by atoms with Crippen LogP contribution < -0.4 is 4.43 Å². The molecule has 0 amide bonds. The molecule has 3 nitrogen and oxygen atoms in total. The van der Waals surface area contributed by atoms with Crippen molar-refractivity contribution in [2.24, 2.45) is 0 Å². The zero-order valence-electron chi connectivity index (χ0n) is 18.6. The van der Waals surface area contributed by atoms with Crippen molar-refractivity contribution in [3.05, 3.63) is 41.0 Å². The molecule has 1 aromatic rings. The maximum atomic E-state index is 11.2. The Morgan fingerprint density at radius 1 is 1.11 bits per heavy atom. The molecule has 1 aromatic carbocycles. The Hall–Kier alpha value is -1.55. The molecule has 0 atom stereocenters. The van der Waals surface area contributed by atoms with Crippen LogP contribution in [0.1, 0.15) is 63.6 Å². The molecule has 0 unspecified atom stereocenters. The minimum atomic E-state index is -1.83. The van der Waals surface area contributed by atoms with E-state index < -0.39 is 8.32 Å². The number of rotatable bonds is 9. The van der Waals surface area contributed by atoms with Gasteiger partial charge in [-0.15, -0.1) is 0 Å². The molecule has 152 valence electrons. The number of hydrogen-bond acceptors (Lipinski definition) is 3. The molecule has 0 saturated heterocycles. The number of benzene rings is 1. The molecule has 0 aliphatic rings. The van der Waals surface area contributed by atoms with Crippen LogP contribution in [0.15, 0.2) is 24.3 Å². The lowest BCUT2D eigenvalue weighted by molar-refractivity contribution is -0.137. The second-order valence-corrected chi connectivity index (χ2v) is 13.5. The quantitative estimate of drug-likeness (QED) is 0.208. The van der Waals surface area contributed by atoms with Crippen LogP contribution in [-0.2, 0) is 16.0 Å². The lowest BCUT2D eigenvalue weighted by atomic mass is 10.0. The van der Waals surface area contributed by atoms with E-state index in [1.807, 2.05) is 13.0 Å². The van der Waals surface area contributed by atoms with Crippen LogP contribution in [0, 0.1) is 13.8 Å². The third-order valence-electron chi connectivity index (χ3n) is 5.31. The van der Waals surface area contributed by atoms with Gasteiger partial charge in [-0.1, -0.05) is 39.0 Å². The first-order valence-electron chi connectivity index (χ1n) is 10.1. The molecule has 0 heterocycles. The van der Waals surface area contributed by atoms with Gasteiger partial charge in [-0.25, -0.2) is 4.79 Å². The number of hydrogen-bond donors (Lipinski definition) is 0. The van der Waals surface area contributed by atoms with Gasteiger partial charge in [0.1, 0.15) is 5.75 Å². The van der Waals surface area contributed by atoms with Crippen molar-refractivity contribution in [2.75, 3.05) is 6.61 Å². The van der Waals surface area contributed by atoms with E-state index in [-0.39, 0.29) is 11.0 Å². The maximum Gasteiger partial charge on any atom is 0.330 e. The van der Waals surface area contributed by atoms with Gasteiger partial charge in [0.15, 0.2) is 0 Å². The number of carbonyl (C=O) groups excluding carboxylic acids is 1. The van der Waals surface area contributed by atoms with E-state index in [1.54, 1.807) is 0 Å². The fourth-order valence-electron chi connectivity index (χ4n) is 2.71. The standard InChI is InChI=1S/C23H38O3Si/c1-9-25-21(24)15-13-11-10-12-14-20-16-18(2)22(19(3)17-20)26-27(7,8)23(4,5)6/h13,15-17H,9-12,14H2,1-8H3/b15-13-. The molecule has 0 saturated carbocycles. The van der Waals surface area contributed by atoms with Crippen molar-refractivity contribution in [3.63, 3.8) is 0 Å². The Morgan fingerprint density at radius 3 is 2.22 bits per heavy atom. The molecule has 0 fully saturated rings. The summed E-state index contributed by atoms with van der Waals surface area (Å²) in [5.74, 6) is 0.823. The van der Waals surface area contributed by atoms with Gasteiger partial charge in [-0.05, 0) is 81.3 Å². The predicted octanol–water partition coefficient (Wildman–Crippen LogP) is 6.52. The van der Waals surface area contributed by atoms with E-state index in [1.165, 1.54) is 22.8 Å². The Balaban J connectivity index is 2.62. The SMILES string of the molecule is CCOC(=O)/C=C\CCCCc1cc(C)c(O[Si](C)(C)C(C)(C)C)c(C)c1. The fourth-order valence-corrected chi connectivity index (χ4v) is 3.85. The minimum Gasteiger partial charge on any atom is -0.543 e. The highest BCUT2D eigenvalue weighted by Gasteiger charge is 2.39. The minimum absolute atomic E-state index is 0.196. The molecule has 0 spiro atoms. The van der Waals surface area contributed by atoms with E-state index in [2.05, 4.69) is 59.8 Å². The van der Waals surface area contributed by atoms with Gasteiger partial charge in [-0.2, -0.15) is 0 Å². The van der Waals surface area contributed by atoms with Crippen LogP contribution >= 0.6 is 0 Å². The molecule has 0 bridgehead atoms. The fraction of sp³-hybridized carbons (Fsp3) is 0.609. The number of allylic oxidation sites excluding steroid dienone is 1. The summed E-state index contributed by atoms with van der Waals surface area (Å²) in [7, 11) is -1.83. The second-order valence-electron chi connectivity index (χ2n) is 8.82. The van der Waals surface area contributed by atoms with Gasteiger partial charge in [0, 0.05) is 6.08 Å². The average Bonchev–Trinajstić information content (AvgIpc) is 2.53. The summed E-state index contributed by atoms with van der Waals surface area (Å²) in [6.07, 6.45) is 7.57. The molecule has 4 heteroatoms. The van der Waals surface area contributed by atoms with Crippen LogP contribution in [0.3, 0.4) is 0 Å². The molecule has 0 radical (unpaired) electrons. The van der Waals surface area contributed by atoms with Crippen molar-refractivity contribution >= 4 is 14.3 Å². The summed E-state index contributed by atoms with van der Waals surface area (Å²) < 4.78 is 11.4. The second kappa shape index (κ2) is 10.1. The molecule has 0 aliphatic heterocycles. The van der Waals surface area contributed by atoms with Crippen molar-refractivity contribution in [2.45, 2.75) is 85.4 Å². The first kappa shape index (κ1) is 23.5. The maximum absolute atomic E-state index is 11.2. The Bertz CT molecular complexity index is 631. The summed E-state index contributed by atoms with van der Waals surface area (Å²) in [5.41, 5.74) is 3.83. The third-order valence-corrected chi connectivity index (χ3v) is 9.64. The van der Waals surface area contributed by atoms with Crippen molar-refractivity contribution < 1.29 is 14.0 Å². The Morgan fingerprint density at radius 2 is 1.70 bits per heavy atom. The normalized spacial score (nSPS) is 12.4. The number of esters is 1. The summed E-state index contributed by atoms with van der Waals surface area (Å²) in [5, 5.41) is 0.196. The Kier molecular flexibility index (Phi) is 8.80. The number of unbranched alkanes of at least 4 members (excludes halogenated alkanes) is 2. The summed E-state index contributed by atoms with van der Waals surface area (Å²) in [4.78, 5) is 11.2.